The molecule has 0 aromatic carbocycles. The summed E-state index contributed by atoms with van der Waals surface area (Å²) in [5, 5.41) is 13.0. The lowest BCUT2D eigenvalue weighted by Crippen LogP contribution is -2.68. The predicted octanol–water partition coefficient (Wildman–Crippen LogP) is -3.74. The van der Waals surface area contributed by atoms with Gasteiger partial charge in [-0.1, -0.05) is 0 Å². The molecule has 0 heterocycles. The number of carboxylic acids is 1. The van der Waals surface area contributed by atoms with E-state index in [-0.39, 0.29) is 11.9 Å². The lowest BCUT2D eigenvalue weighted by Gasteiger charge is -2.09. The maximum absolute atomic E-state index is 11.1. The van der Waals surface area contributed by atoms with Crippen LogP contribution in [0.4, 0.5) is 0 Å². The topological polar surface area (TPSA) is 125 Å². The van der Waals surface area contributed by atoms with E-state index in [9.17, 15) is 14.7 Å². The van der Waals surface area contributed by atoms with Gasteiger partial charge in [0.1, 0.15) is 6.04 Å². The SMILES string of the molecule is C[C@H]([NH3+])C(=O)NCCCC[C@H]([NH3+])C(=O)[O-]. The fourth-order valence-electron chi connectivity index (χ4n) is 1.02. The largest absolute Gasteiger partial charge is 0.544 e. The molecule has 6 nitrogen and oxygen atoms in total. The molecule has 1 amide bonds. The number of nitrogens with one attached hydrogen (secondary N) is 1. The molecule has 7 N–H and O–H groups in total. The first-order valence-electron chi connectivity index (χ1n) is 5.10. The first-order chi connectivity index (χ1) is 6.95. The van der Waals surface area contributed by atoms with Gasteiger partial charge in [0.05, 0.1) is 5.97 Å². The summed E-state index contributed by atoms with van der Waals surface area (Å²) in [4.78, 5) is 21.4. The van der Waals surface area contributed by atoms with Crippen molar-refractivity contribution in [3.63, 3.8) is 0 Å². The Morgan fingerprint density at radius 1 is 1.33 bits per heavy atom. The highest BCUT2D eigenvalue weighted by atomic mass is 16.4. The molecule has 0 aliphatic carbocycles. The van der Waals surface area contributed by atoms with Crippen molar-refractivity contribution in [3.05, 3.63) is 0 Å². The minimum absolute atomic E-state index is 0.0823. The first kappa shape index (κ1) is 13.9. The molecular weight excluding hydrogens is 198 g/mol. The van der Waals surface area contributed by atoms with Gasteiger partial charge in [0.2, 0.25) is 0 Å². The van der Waals surface area contributed by atoms with Gasteiger partial charge in [0.25, 0.3) is 5.91 Å². The zero-order valence-electron chi connectivity index (χ0n) is 9.12. The number of carboxylic acid groups (broad SMARTS) is 1. The summed E-state index contributed by atoms with van der Waals surface area (Å²) in [7, 11) is 0. The molecule has 0 spiro atoms. The van der Waals surface area contributed by atoms with Crippen LogP contribution in [-0.4, -0.2) is 30.5 Å². The fraction of sp³-hybridized carbons (Fsp3) is 0.778. The van der Waals surface area contributed by atoms with Crippen LogP contribution >= 0.6 is 0 Å². The number of carbonyl (C=O) groups is 2. The standard InChI is InChI=1S/C9H19N3O3/c1-6(10)8(13)12-5-3-2-4-7(11)9(14)15/h6-7H,2-5,10-11H2,1H3,(H,12,13)(H,14,15)/p+1/t6-,7-/m0/s1. The molecule has 0 aliphatic heterocycles. The van der Waals surface area contributed by atoms with Gasteiger partial charge in [-0.25, -0.2) is 0 Å². The summed E-state index contributed by atoms with van der Waals surface area (Å²) in [6.07, 6.45) is 1.95. The maximum Gasteiger partial charge on any atom is 0.277 e. The van der Waals surface area contributed by atoms with Gasteiger partial charge in [-0.3, -0.25) is 4.79 Å². The van der Waals surface area contributed by atoms with Crippen LogP contribution in [0.1, 0.15) is 26.2 Å². The molecule has 0 radical (unpaired) electrons. The van der Waals surface area contributed by atoms with Gasteiger partial charge in [0, 0.05) is 13.0 Å². The molecule has 15 heavy (non-hydrogen) atoms. The average molecular weight is 218 g/mol. The molecule has 0 saturated carbocycles. The van der Waals surface area contributed by atoms with Crippen molar-refractivity contribution >= 4 is 11.9 Å². The molecule has 88 valence electrons. The van der Waals surface area contributed by atoms with E-state index in [0.717, 1.165) is 6.42 Å². The Hall–Kier alpha value is -1.14. The van der Waals surface area contributed by atoms with Gasteiger partial charge in [-0.2, -0.15) is 0 Å². The van der Waals surface area contributed by atoms with E-state index in [1.165, 1.54) is 0 Å². The average Bonchev–Trinajstić information content (AvgIpc) is 2.16. The smallest absolute Gasteiger partial charge is 0.277 e. The number of hydrogen-bond acceptors (Lipinski definition) is 3. The molecule has 0 aromatic heterocycles. The van der Waals surface area contributed by atoms with Crippen molar-refractivity contribution in [1.29, 1.82) is 0 Å². The molecule has 0 saturated heterocycles. The minimum atomic E-state index is -1.12. The van der Waals surface area contributed by atoms with Crippen LogP contribution in [0.5, 0.6) is 0 Å². The number of unbranched alkanes of at least 4 members (excludes halogenated alkanes) is 1. The Bertz CT molecular complexity index is 219. The monoisotopic (exact) mass is 218 g/mol. The summed E-state index contributed by atoms with van der Waals surface area (Å²) in [5.74, 6) is -1.20. The van der Waals surface area contributed by atoms with Gasteiger partial charge >= 0.3 is 0 Å². The molecular formula is C9H20N3O3+. The number of amides is 1. The van der Waals surface area contributed by atoms with E-state index < -0.39 is 12.0 Å². The third-order valence-corrected chi connectivity index (χ3v) is 2.06. The number of carbonyl (C=O) groups excluding carboxylic acids is 2. The summed E-state index contributed by atoms with van der Waals surface area (Å²) >= 11 is 0. The molecule has 0 fully saturated rings. The third kappa shape index (κ3) is 6.87. The van der Waals surface area contributed by atoms with Crippen LogP contribution in [0, 0.1) is 0 Å². The van der Waals surface area contributed by atoms with E-state index in [1.54, 1.807) is 6.92 Å². The quantitative estimate of drug-likeness (QED) is 0.380. The van der Waals surface area contributed by atoms with Crippen molar-refractivity contribution in [2.45, 2.75) is 38.3 Å². The minimum Gasteiger partial charge on any atom is -0.544 e. The number of hydrogen-bond donors (Lipinski definition) is 3. The number of quaternary nitrogens is 2. The molecule has 0 bridgehead atoms. The second-order valence-electron chi connectivity index (χ2n) is 3.70. The van der Waals surface area contributed by atoms with E-state index in [4.69, 9.17) is 0 Å². The van der Waals surface area contributed by atoms with Crippen LogP contribution in [0.15, 0.2) is 0 Å². The van der Waals surface area contributed by atoms with Crippen molar-refractivity contribution in [1.82, 2.24) is 5.32 Å². The van der Waals surface area contributed by atoms with Crippen LogP contribution in [0.2, 0.25) is 0 Å². The predicted molar refractivity (Wildman–Crippen MR) is 50.9 cm³/mol. The first-order valence-corrected chi connectivity index (χ1v) is 5.10. The van der Waals surface area contributed by atoms with Crippen LogP contribution in [0.3, 0.4) is 0 Å². The highest BCUT2D eigenvalue weighted by Gasteiger charge is 2.09. The lowest BCUT2D eigenvalue weighted by atomic mass is 10.1. The molecule has 2 atom stereocenters. The number of rotatable bonds is 7. The highest BCUT2D eigenvalue weighted by molar-refractivity contribution is 5.79. The summed E-state index contributed by atoms with van der Waals surface area (Å²) in [6.45, 7) is 2.27. The van der Waals surface area contributed by atoms with Gasteiger partial charge in [-0.05, 0) is 19.8 Å². The van der Waals surface area contributed by atoms with E-state index in [2.05, 4.69) is 16.8 Å². The Balaban J connectivity index is 3.40. The zero-order chi connectivity index (χ0) is 11.8. The fourth-order valence-corrected chi connectivity index (χ4v) is 1.02. The summed E-state index contributed by atoms with van der Waals surface area (Å²) in [6, 6.07) is -0.915. The number of aliphatic carboxylic acids is 1. The second kappa shape index (κ2) is 7.19. The van der Waals surface area contributed by atoms with Crippen molar-refractivity contribution in [3.8, 4) is 0 Å². The Morgan fingerprint density at radius 3 is 2.40 bits per heavy atom. The Morgan fingerprint density at radius 2 is 1.93 bits per heavy atom. The maximum atomic E-state index is 11.1. The van der Waals surface area contributed by atoms with Gasteiger partial charge in [0.15, 0.2) is 6.04 Å². The van der Waals surface area contributed by atoms with E-state index >= 15 is 0 Å². The summed E-state index contributed by atoms with van der Waals surface area (Å²) in [5.41, 5.74) is 7.02. The second-order valence-corrected chi connectivity index (χ2v) is 3.70. The Kier molecular flexibility index (Phi) is 6.64. The Labute approximate surface area is 89.0 Å². The summed E-state index contributed by atoms with van der Waals surface area (Å²) < 4.78 is 0. The van der Waals surface area contributed by atoms with E-state index in [1.807, 2.05) is 0 Å². The van der Waals surface area contributed by atoms with Crippen molar-refractivity contribution < 1.29 is 26.2 Å². The normalized spacial score (nSPS) is 14.3. The molecule has 0 aliphatic rings. The van der Waals surface area contributed by atoms with Crippen LogP contribution in [-0.2, 0) is 9.59 Å². The zero-order valence-corrected chi connectivity index (χ0v) is 9.12. The van der Waals surface area contributed by atoms with E-state index in [0.29, 0.717) is 19.4 Å². The molecule has 6 heteroatoms. The van der Waals surface area contributed by atoms with Crippen molar-refractivity contribution in [2.24, 2.45) is 0 Å². The third-order valence-electron chi connectivity index (χ3n) is 2.06. The van der Waals surface area contributed by atoms with Crippen LogP contribution < -0.4 is 21.9 Å². The molecule has 0 rings (SSSR count). The highest BCUT2D eigenvalue weighted by Crippen LogP contribution is 1.96. The lowest BCUT2D eigenvalue weighted by molar-refractivity contribution is -0.438. The molecule has 0 unspecified atom stereocenters. The van der Waals surface area contributed by atoms with Gasteiger partial charge < -0.3 is 26.7 Å². The molecule has 0 aromatic rings. The van der Waals surface area contributed by atoms with Crippen LogP contribution in [0.25, 0.3) is 0 Å². The van der Waals surface area contributed by atoms with Crippen molar-refractivity contribution in [2.75, 3.05) is 6.54 Å². The van der Waals surface area contributed by atoms with Gasteiger partial charge in [-0.15, -0.1) is 0 Å².